The van der Waals surface area contributed by atoms with Gasteiger partial charge in [-0.3, -0.25) is 14.6 Å². The minimum atomic E-state index is -0.616. The summed E-state index contributed by atoms with van der Waals surface area (Å²) in [7, 11) is 0. The third-order valence-corrected chi connectivity index (χ3v) is 6.91. The molecule has 4 heterocycles. The molecule has 10 heteroatoms. The molecule has 2 amide bonds. The lowest BCUT2D eigenvalue weighted by Gasteiger charge is -2.46. The molecule has 0 atom stereocenters. The van der Waals surface area contributed by atoms with Gasteiger partial charge in [0.1, 0.15) is 11.5 Å². The molecule has 2 aliphatic rings. The Kier molecular flexibility index (Phi) is 6.13. The van der Waals surface area contributed by atoms with Gasteiger partial charge < -0.3 is 9.80 Å². The first-order valence-electron chi connectivity index (χ1n) is 12.4. The number of rotatable bonds is 4. The zero-order valence-corrected chi connectivity index (χ0v) is 21.7. The van der Waals surface area contributed by atoms with Gasteiger partial charge in [0.25, 0.3) is 11.8 Å². The molecule has 9 nitrogen and oxygen atoms in total. The molecule has 1 aromatic carbocycles. The summed E-state index contributed by atoms with van der Waals surface area (Å²) in [6.07, 6.45) is 3.27. The van der Waals surface area contributed by atoms with Crippen LogP contribution in [0.2, 0.25) is 0 Å². The maximum atomic E-state index is 13.8. The molecule has 0 aliphatic carbocycles. The smallest absolute Gasteiger partial charge is 0.291 e. The van der Waals surface area contributed by atoms with E-state index in [-0.39, 0.29) is 29.4 Å². The van der Waals surface area contributed by atoms with E-state index in [1.807, 2.05) is 19.9 Å². The van der Waals surface area contributed by atoms with E-state index in [2.05, 4.69) is 28.8 Å². The molecule has 0 bridgehead atoms. The minimum Gasteiger partial charge on any atom is -0.332 e. The number of carbonyl (C=O) groups is 2. The fraction of sp³-hybridized carbons (Fsp3) is 0.407. The summed E-state index contributed by atoms with van der Waals surface area (Å²) < 4.78 is 15.5. The van der Waals surface area contributed by atoms with Crippen LogP contribution in [0, 0.1) is 12.7 Å². The Bertz CT molecular complexity index is 1470. The van der Waals surface area contributed by atoms with E-state index in [1.54, 1.807) is 45.8 Å². The maximum Gasteiger partial charge on any atom is 0.291 e. The number of amides is 2. The van der Waals surface area contributed by atoms with E-state index in [4.69, 9.17) is 5.10 Å². The largest absolute Gasteiger partial charge is 0.332 e. The molecule has 0 N–H and O–H groups in total. The van der Waals surface area contributed by atoms with Crippen LogP contribution in [0.15, 0.2) is 40.4 Å². The van der Waals surface area contributed by atoms with Crippen molar-refractivity contribution in [2.75, 3.05) is 26.2 Å². The lowest BCUT2D eigenvalue weighted by Crippen LogP contribution is -2.62. The van der Waals surface area contributed by atoms with Gasteiger partial charge in [0.2, 0.25) is 5.84 Å². The molecule has 0 spiro atoms. The number of carbonyl (C=O) groups excluding carboxylic acids is 2. The van der Waals surface area contributed by atoms with Crippen molar-refractivity contribution in [1.29, 1.82) is 0 Å². The van der Waals surface area contributed by atoms with Crippen LogP contribution < -0.4 is 0 Å². The molecular weight excluding hydrogens is 473 g/mol. The number of nitrogens with zero attached hydrogens (tertiary/aromatic N) is 7. The number of imidazole rings is 1. The van der Waals surface area contributed by atoms with Crippen molar-refractivity contribution in [1.82, 2.24) is 24.4 Å². The van der Waals surface area contributed by atoms with Gasteiger partial charge in [0.15, 0.2) is 5.65 Å². The van der Waals surface area contributed by atoms with Gasteiger partial charge in [-0.05, 0) is 56.5 Å². The highest BCUT2D eigenvalue weighted by atomic mass is 19.1. The number of aliphatic imine (C=N–C) groups is 2. The summed E-state index contributed by atoms with van der Waals surface area (Å²) in [5.74, 6) is -0.347. The second-order valence-corrected chi connectivity index (χ2v) is 10.5. The summed E-state index contributed by atoms with van der Waals surface area (Å²) in [6.45, 7) is 11.3. The zero-order chi connectivity index (χ0) is 26.5. The number of aromatic nitrogens is 3. The lowest BCUT2D eigenvalue weighted by molar-refractivity contribution is -0.128. The van der Waals surface area contributed by atoms with Crippen molar-refractivity contribution in [3.05, 3.63) is 53.1 Å². The zero-order valence-electron chi connectivity index (χ0n) is 21.7. The summed E-state index contributed by atoms with van der Waals surface area (Å²) in [4.78, 5) is 42.8. The third kappa shape index (κ3) is 4.52. The molecule has 2 aliphatic heterocycles. The van der Waals surface area contributed by atoms with Gasteiger partial charge in [-0.2, -0.15) is 5.10 Å². The highest BCUT2D eigenvalue weighted by Crippen LogP contribution is 2.28. The predicted molar refractivity (Wildman–Crippen MR) is 140 cm³/mol. The monoisotopic (exact) mass is 503 g/mol. The van der Waals surface area contributed by atoms with Crippen molar-refractivity contribution in [2.24, 2.45) is 9.98 Å². The molecule has 5 rings (SSSR count). The fourth-order valence-corrected chi connectivity index (χ4v) is 4.88. The lowest BCUT2D eigenvalue weighted by atomic mass is 9.98. The van der Waals surface area contributed by atoms with Gasteiger partial charge >= 0.3 is 0 Å². The normalized spacial score (nSPS) is 17.1. The van der Waals surface area contributed by atoms with Crippen LogP contribution in [0.4, 0.5) is 4.39 Å². The molecular formula is C27H30FN7O2. The number of halogens is 1. The van der Waals surface area contributed by atoms with Crippen molar-refractivity contribution in [3.63, 3.8) is 0 Å². The van der Waals surface area contributed by atoms with Gasteiger partial charge in [-0.25, -0.2) is 18.9 Å². The average molecular weight is 504 g/mol. The van der Waals surface area contributed by atoms with Crippen LogP contribution in [0.3, 0.4) is 0 Å². The number of fused-ring (bicyclic) bond motifs is 1. The highest BCUT2D eigenvalue weighted by Gasteiger charge is 2.40. The Hall–Kier alpha value is -3.95. The van der Waals surface area contributed by atoms with Crippen LogP contribution in [-0.4, -0.2) is 80.0 Å². The number of benzene rings is 1. The second kappa shape index (κ2) is 9.17. The molecule has 0 saturated carbocycles. The van der Waals surface area contributed by atoms with E-state index >= 15 is 0 Å². The highest BCUT2D eigenvalue weighted by molar-refractivity contribution is 6.40. The van der Waals surface area contributed by atoms with Crippen molar-refractivity contribution < 1.29 is 14.0 Å². The van der Waals surface area contributed by atoms with Gasteiger partial charge in [-0.1, -0.05) is 13.8 Å². The first kappa shape index (κ1) is 24.7. The molecule has 192 valence electrons. The molecule has 1 saturated heterocycles. The molecule has 0 radical (unpaired) electrons. The Morgan fingerprint density at radius 2 is 1.89 bits per heavy atom. The fourth-order valence-electron chi connectivity index (χ4n) is 4.88. The third-order valence-electron chi connectivity index (χ3n) is 6.91. The number of aryl methyl sites for hydroxylation is 1. The SMILES string of the molecule is Cc1cc(-c2cc(C(C)C)c3nc(C(=O)N4CCN(C(=O)C5=NCC=N5)CC4(C)C)cn3n2)ccc1F. The van der Waals surface area contributed by atoms with E-state index in [0.29, 0.717) is 48.8 Å². The molecule has 2 aromatic heterocycles. The van der Waals surface area contributed by atoms with Crippen LogP contribution in [0.1, 0.15) is 55.2 Å². The van der Waals surface area contributed by atoms with Crippen molar-refractivity contribution in [3.8, 4) is 11.3 Å². The molecule has 37 heavy (non-hydrogen) atoms. The number of hydrogen-bond donors (Lipinski definition) is 0. The van der Waals surface area contributed by atoms with E-state index in [9.17, 15) is 14.0 Å². The van der Waals surface area contributed by atoms with Gasteiger partial charge in [0.05, 0.1) is 24.0 Å². The Balaban J connectivity index is 1.45. The molecule has 3 aromatic rings. The van der Waals surface area contributed by atoms with E-state index in [1.165, 1.54) is 6.07 Å². The number of hydrogen-bond acceptors (Lipinski definition) is 6. The Labute approximate surface area is 214 Å². The van der Waals surface area contributed by atoms with Crippen LogP contribution >= 0.6 is 0 Å². The second-order valence-electron chi connectivity index (χ2n) is 10.5. The predicted octanol–water partition coefficient (Wildman–Crippen LogP) is 3.51. The van der Waals surface area contributed by atoms with Crippen LogP contribution in [0.5, 0.6) is 0 Å². The summed E-state index contributed by atoms with van der Waals surface area (Å²) in [5, 5.41) is 4.70. The van der Waals surface area contributed by atoms with Gasteiger partial charge in [-0.15, -0.1) is 0 Å². The molecule has 1 fully saturated rings. The van der Waals surface area contributed by atoms with E-state index < -0.39 is 5.54 Å². The Morgan fingerprint density at radius 3 is 2.54 bits per heavy atom. The first-order chi connectivity index (χ1) is 17.5. The van der Waals surface area contributed by atoms with Gasteiger partial charge in [0, 0.05) is 37.0 Å². The first-order valence-corrected chi connectivity index (χ1v) is 12.4. The average Bonchev–Trinajstić information content (AvgIpc) is 3.54. The minimum absolute atomic E-state index is 0.128. The number of piperazine rings is 1. The topological polar surface area (TPSA) is 95.5 Å². The van der Waals surface area contributed by atoms with Crippen molar-refractivity contribution in [2.45, 2.75) is 46.1 Å². The van der Waals surface area contributed by atoms with Crippen molar-refractivity contribution >= 4 is 29.5 Å². The van der Waals surface area contributed by atoms with Crippen LogP contribution in [-0.2, 0) is 4.79 Å². The Morgan fingerprint density at radius 1 is 1.11 bits per heavy atom. The summed E-state index contributed by atoms with van der Waals surface area (Å²) >= 11 is 0. The van der Waals surface area contributed by atoms with E-state index in [0.717, 1.165) is 11.1 Å². The maximum absolute atomic E-state index is 13.8. The summed E-state index contributed by atoms with van der Waals surface area (Å²) in [6, 6.07) is 6.86. The standard InChI is InChI=1S/C27H30FN7O2/c1-16(2)19-13-21(18-6-7-20(28)17(3)12-18)32-35-14-22(31-24(19)35)25(36)34-11-10-33(15-27(34,4)5)26(37)23-29-8-9-30-23/h6-8,12-14,16H,9-11,15H2,1-5H3. The van der Waals surface area contributed by atoms with Crippen LogP contribution in [0.25, 0.3) is 16.9 Å². The summed E-state index contributed by atoms with van der Waals surface area (Å²) in [5.41, 5.74) is 3.25. The quantitative estimate of drug-likeness (QED) is 0.544. The molecule has 0 unspecified atom stereocenters. The number of amidine groups is 1.